The molecule has 188 valence electrons. The SMILES string of the molecule is COc1ccc(NC(=O)c2cn(-c3ccc(N4CC(CNC(C)=O)OC4=O)cc3F)cn2)c(OC)n1. The molecule has 1 aliphatic rings. The summed E-state index contributed by atoms with van der Waals surface area (Å²) < 4.78 is 31.7. The number of imidazole rings is 1. The van der Waals surface area contributed by atoms with E-state index in [4.69, 9.17) is 14.2 Å². The van der Waals surface area contributed by atoms with Crippen molar-refractivity contribution in [2.24, 2.45) is 0 Å². The molecule has 0 radical (unpaired) electrons. The van der Waals surface area contributed by atoms with E-state index in [2.05, 4.69) is 20.6 Å². The molecule has 1 aromatic carbocycles. The Morgan fingerprint density at radius 3 is 2.72 bits per heavy atom. The summed E-state index contributed by atoms with van der Waals surface area (Å²) in [5.74, 6) is -0.966. The number of nitrogens with zero attached hydrogens (tertiary/aromatic N) is 4. The van der Waals surface area contributed by atoms with Gasteiger partial charge in [0.05, 0.1) is 38.7 Å². The molecular formula is C23H23FN6O6. The molecule has 1 atom stereocenters. The van der Waals surface area contributed by atoms with Gasteiger partial charge in [-0.1, -0.05) is 0 Å². The molecule has 13 heteroatoms. The van der Waals surface area contributed by atoms with Gasteiger partial charge in [0.2, 0.25) is 17.7 Å². The highest BCUT2D eigenvalue weighted by atomic mass is 19.1. The molecule has 2 aromatic heterocycles. The van der Waals surface area contributed by atoms with Crippen molar-refractivity contribution in [2.45, 2.75) is 13.0 Å². The summed E-state index contributed by atoms with van der Waals surface area (Å²) in [6.45, 7) is 1.69. The number of nitrogens with one attached hydrogen (secondary N) is 2. The Morgan fingerprint density at radius 2 is 2.03 bits per heavy atom. The van der Waals surface area contributed by atoms with Crippen molar-refractivity contribution in [2.75, 3.05) is 37.5 Å². The van der Waals surface area contributed by atoms with Crippen LogP contribution in [0.2, 0.25) is 0 Å². The van der Waals surface area contributed by atoms with E-state index < -0.39 is 23.9 Å². The van der Waals surface area contributed by atoms with Crippen molar-refractivity contribution in [1.82, 2.24) is 19.9 Å². The van der Waals surface area contributed by atoms with Crippen molar-refractivity contribution >= 4 is 29.3 Å². The second-order valence-corrected chi connectivity index (χ2v) is 7.72. The zero-order valence-electron chi connectivity index (χ0n) is 19.6. The van der Waals surface area contributed by atoms with Gasteiger partial charge in [-0.2, -0.15) is 4.98 Å². The van der Waals surface area contributed by atoms with Crippen LogP contribution in [-0.2, 0) is 9.53 Å². The van der Waals surface area contributed by atoms with Crippen molar-refractivity contribution in [3.05, 3.63) is 54.4 Å². The molecule has 1 fully saturated rings. The third kappa shape index (κ3) is 5.19. The minimum atomic E-state index is -0.643. The Kier molecular flexibility index (Phi) is 6.99. The number of benzene rings is 1. The smallest absolute Gasteiger partial charge is 0.414 e. The zero-order valence-corrected chi connectivity index (χ0v) is 19.6. The molecule has 0 saturated carbocycles. The average Bonchev–Trinajstić information content (AvgIpc) is 3.50. The molecule has 3 heterocycles. The van der Waals surface area contributed by atoms with Crippen molar-refractivity contribution in [3.8, 4) is 17.4 Å². The maximum atomic E-state index is 15.0. The van der Waals surface area contributed by atoms with Crippen LogP contribution in [0.5, 0.6) is 11.8 Å². The van der Waals surface area contributed by atoms with Crippen LogP contribution >= 0.6 is 0 Å². The average molecular weight is 498 g/mol. The topological polar surface area (TPSA) is 137 Å². The standard InChI is InChI=1S/C23H23FN6O6/c1-13(31)25-9-15-10-30(23(33)36-15)14-4-6-19(16(24)8-14)29-11-18(26-12-29)21(32)27-17-5-7-20(34-2)28-22(17)35-3/h4-8,11-12,15H,9-10H2,1-3H3,(H,25,31)(H,27,32). The van der Waals surface area contributed by atoms with E-state index in [1.54, 1.807) is 18.2 Å². The quantitative estimate of drug-likeness (QED) is 0.482. The molecule has 1 saturated heterocycles. The number of cyclic esters (lactones) is 1. The van der Waals surface area contributed by atoms with Crippen LogP contribution in [0.3, 0.4) is 0 Å². The number of hydrogen-bond acceptors (Lipinski definition) is 8. The summed E-state index contributed by atoms with van der Waals surface area (Å²) in [6.07, 6.45) is 1.48. The van der Waals surface area contributed by atoms with E-state index in [0.717, 1.165) is 0 Å². The van der Waals surface area contributed by atoms with E-state index >= 15 is 0 Å². The van der Waals surface area contributed by atoms with Crippen LogP contribution in [0.25, 0.3) is 5.69 Å². The summed E-state index contributed by atoms with van der Waals surface area (Å²) in [5.41, 5.74) is 0.753. The van der Waals surface area contributed by atoms with Gasteiger partial charge in [-0.3, -0.25) is 14.5 Å². The van der Waals surface area contributed by atoms with E-state index in [0.29, 0.717) is 17.3 Å². The molecule has 12 nitrogen and oxygen atoms in total. The molecule has 0 spiro atoms. The first-order valence-corrected chi connectivity index (χ1v) is 10.8. The Morgan fingerprint density at radius 1 is 1.22 bits per heavy atom. The summed E-state index contributed by atoms with van der Waals surface area (Å²) in [7, 11) is 2.86. The van der Waals surface area contributed by atoms with Crippen LogP contribution in [0.15, 0.2) is 42.9 Å². The minimum Gasteiger partial charge on any atom is -0.481 e. The molecule has 2 N–H and O–H groups in total. The van der Waals surface area contributed by atoms with E-state index in [9.17, 15) is 18.8 Å². The van der Waals surface area contributed by atoms with Crippen LogP contribution in [0.1, 0.15) is 17.4 Å². The van der Waals surface area contributed by atoms with Crippen LogP contribution in [0.4, 0.5) is 20.6 Å². The van der Waals surface area contributed by atoms with Crippen LogP contribution in [-0.4, -0.2) is 65.9 Å². The Labute approximate surface area is 205 Å². The van der Waals surface area contributed by atoms with Gasteiger partial charge in [0.15, 0.2) is 0 Å². The first-order chi connectivity index (χ1) is 17.3. The predicted molar refractivity (Wildman–Crippen MR) is 125 cm³/mol. The highest BCUT2D eigenvalue weighted by molar-refractivity contribution is 6.03. The molecule has 0 aliphatic carbocycles. The van der Waals surface area contributed by atoms with Gasteiger partial charge < -0.3 is 29.4 Å². The highest BCUT2D eigenvalue weighted by Gasteiger charge is 2.32. The Bertz CT molecular complexity index is 1310. The molecule has 4 rings (SSSR count). The number of ether oxygens (including phenoxy) is 3. The first kappa shape index (κ1) is 24.4. The summed E-state index contributed by atoms with van der Waals surface area (Å²) in [5, 5.41) is 5.23. The molecular weight excluding hydrogens is 475 g/mol. The lowest BCUT2D eigenvalue weighted by atomic mass is 10.2. The number of carbonyl (C=O) groups excluding carboxylic acids is 3. The predicted octanol–water partition coefficient (Wildman–Crippen LogP) is 2.14. The van der Waals surface area contributed by atoms with Crippen LogP contribution < -0.4 is 25.0 Å². The highest BCUT2D eigenvalue weighted by Crippen LogP contribution is 2.27. The number of rotatable bonds is 8. The number of pyridine rings is 1. The lowest BCUT2D eigenvalue weighted by molar-refractivity contribution is -0.119. The van der Waals surface area contributed by atoms with Gasteiger partial charge in [0, 0.05) is 19.2 Å². The number of hydrogen-bond donors (Lipinski definition) is 2. The van der Waals surface area contributed by atoms with Gasteiger partial charge in [0.25, 0.3) is 5.91 Å². The third-order valence-corrected chi connectivity index (χ3v) is 5.27. The van der Waals surface area contributed by atoms with E-state index in [1.165, 1.54) is 55.3 Å². The van der Waals surface area contributed by atoms with E-state index in [-0.39, 0.29) is 36.3 Å². The van der Waals surface area contributed by atoms with Crippen molar-refractivity contribution < 1.29 is 33.0 Å². The molecule has 1 aliphatic heterocycles. The lowest BCUT2D eigenvalue weighted by Gasteiger charge is -2.14. The molecule has 3 amide bonds. The normalized spacial score (nSPS) is 14.8. The van der Waals surface area contributed by atoms with Gasteiger partial charge in [-0.15, -0.1) is 0 Å². The lowest BCUT2D eigenvalue weighted by Crippen LogP contribution is -2.33. The van der Waals surface area contributed by atoms with Gasteiger partial charge >= 0.3 is 6.09 Å². The number of halogens is 1. The fourth-order valence-corrected chi connectivity index (χ4v) is 3.52. The second-order valence-electron chi connectivity index (χ2n) is 7.72. The number of methoxy groups -OCH3 is 2. The molecule has 0 bridgehead atoms. The monoisotopic (exact) mass is 498 g/mol. The first-order valence-electron chi connectivity index (χ1n) is 10.8. The molecule has 36 heavy (non-hydrogen) atoms. The Balaban J connectivity index is 1.47. The van der Waals surface area contributed by atoms with Gasteiger partial charge in [-0.25, -0.2) is 14.2 Å². The van der Waals surface area contributed by atoms with Crippen molar-refractivity contribution in [1.29, 1.82) is 0 Å². The molecule has 1 unspecified atom stereocenters. The van der Waals surface area contributed by atoms with Gasteiger partial charge in [0.1, 0.15) is 29.6 Å². The van der Waals surface area contributed by atoms with E-state index in [1.807, 2.05) is 0 Å². The number of aromatic nitrogens is 3. The summed E-state index contributed by atoms with van der Waals surface area (Å²) >= 11 is 0. The molecule has 3 aromatic rings. The van der Waals surface area contributed by atoms with Crippen molar-refractivity contribution in [3.63, 3.8) is 0 Å². The summed E-state index contributed by atoms with van der Waals surface area (Å²) in [4.78, 5) is 45.4. The second kappa shape index (κ2) is 10.3. The maximum Gasteiger partial charge on any atom is 0.414 e. The number of anilines is 2. The largest absolute Gasteiger partial charge is 0.481 e. The van der Waals surface area contributed by atoms with Gasteiger partial charge in [-0.05, 0) is 24.3 Å². The van der Waals surface area contributed by atoms with Crippen LogP contribution in [0, 0.1) is 5.82 Å². The Hall–Kier alpha value is -4.68. The maximum absolute atomic E-state index is 15.0. The summed E-state index contributed by atoms with van der Waals surface area (Å²) in [6, 6.07) is 7.33. The third-order valence-electron chi connectivity index (χ3n) is 5.27. The fourth-order valence-electron chi connectivity index (χ4n) is 3.52. The minimum absolute atomic E-state index is 0.0280. The fraction of sp³-hybridized carbons (Fsp3) is 0.261. The number of carbonyl (C=O) groups is 3. The zero-order chi connectivity index (χ0) is 25.8. The number of amides is 3.